The Morgan fingerprint density at radius 1 is 1.35 bits per heavy atom. The summed E-state index contributed by atoms with van der Waals surface area (Å²) in [6, 6.07) is 7.77. The lowest BCUT2D eigenvalue weighted by Gasteiger charge is -2.22. The minimum atomic E-state index is -0.0626. The molecule has 0 fully saturated rings. The van der Waals surface area contributed by atoms with E-state index in [-0.39, 0.29) is 12.0 Å². The molecule has 1 aromatic rings. The van der Waals surface area contributed by atoms with E-state index in [1.807, 2.05) is 24.3 Å². The molecule has 0 bridgehead atoms. The number of benzene rings is 1. The molecule has 0 aliphatic carbocycles. The fourth-order valence-corrected chi connectivity index (χ4v) is 2.01. The maximum Gasteiger partial charge on any atom is 0.118 e. The van der Waals surface area contributed by atoms with E-state index in [4.69, 9.17) is 21.4 Å². The normalized spacial score (nSPS) is 12.8. The van der Waals surface area contributed by atoms with Crippen LogP contribution in [0.5, 0.6) is 5.75 Å². The van der Waals surface area contributed by atoms with E-state index in [0.717, 1.165) is 24.4 Å². The zero-order valence-corrected chi connectivity index (χ0v) is 11.2. The van der Waals surface area contributed by atoms with E-state index < -0.39 is 0 Å². The standard InChI is InChI=1S/C13H20ClNO2/c1-3-15(8-9-16)10-13(14)11-4-6-12(17-2)7-5-11/h4-7,13,16H,3,8-10H2,1-2H3. The second-order valence-corrected chi connectivity index (χ2v) is 4.38. The van der Waals surface area contributed by atoms with Gasteiger partial charge >= 0.3 is 0 Å². The molecule has 1 rings (SSSR count). The summed E-state index contributed by atoms with van der Waals surface area (Å²) in [6.45, 7) is 4.52. The number of nitrogens with zero attached hydrogens (tertiary/aromatic N) is 1. The van der Waals surface area contributed by atoms with Crippen molar-refractivity contribution < 1.29 is 9.84 Å². The van der Waals surface area contributed by atoms with Crippen molar-refractivity contribution in [1.82, 2.24) is 4.90 Å². The number of aliphatic hydroxyl groups is 1. The summed E-state index contributed by atoms with van der Waals surface area (Å²) in [5, 5.41) is 8.86. The highest BCUT2D eigenvalue weighted by atomic mass is 35.5. The summed E-state index contributed by atoms with van der Waals surface area (Å²) >= 11 is 6.35. The lowest BCUT2D eigenvalue weighted by molar-refractivity contribution is 0.202. The Morgan fingerprint density at radius 2 is 2.00 bits per heavy atom. The van der Waals surface area contributed by atoms with Crippen LogP contribution in [0.4, 0.5) is 0 Å². The molecule has 1 atom stereocenters. The molecular formula is C13H20ClNO2. The zero-order chi connectivity index (χ0) is 12.7. The highest BCUT2D eigenvalue weighted by Gasteiger charge is 2.12. The molecule has 0 radical (unpaired) electrons. The fraction of sp³-hybridized carbons (Fsp3) is 0.538. The highest BCUT2D eigenvalue weighted by Crippen LogP contribution is 2.23. The molecule has 1 aromatic carbocycles. The van der Waals surface area contributed by atoms with Crippen molar-refractivity contribution in [2.45, 2.75) is 12.3 Å². The Hall–Kier alpha value is -0.770. The van der Waals surface area contributed by atoms with E-state index in [1.54, 1.807) is 7.11 Å². The van der Waals surface area contributed by atoms with Gasteiger partial charge in [-0.3, -0.25) is 4.90 Å². The van der Waals surface area contributed by atoms with Crippen LogP contribution in [-0.4, -0.2) is 43.4 Å². The third-order valence-electron chi connectivity index (χ3n) is 2.76. The van der Waals surface area contributed by atoms with Gasteiger partial charge in [0.25, 0.3) is 0 Å². The van der Waals surface area contributed by atoms with Gasteiger partial charge < -0.3 is 9.84 Å². The number of rotatable bonds is 7. The summed E-state index contributed by atoms with van der Waals surface area (Å²) in [5.41, 5.74) is 1.07. The summed E-state index contributed by atoms with van der Waals surface area (Å²) < 4.78 is 5.10. The Labute approximate surface area is 108 Å². The number of alkyl halides is 1. The maximum atomic E-state index is 8.92. The Balaban J connectivity index is 2.58. The third-order valence-corrected chi connectivity index (χ3v) is 3.15. The maximum absolute atomic E-state index is 8.92. The van der Waals surface area contributed by atoms with Gasteiger partial charge in [0.2, 0.25) is 0 Å². The summed E-state index contributed by atoms with van der Waals surface area (Å²) in [7, 11) is 1.65. The SMILES string of the molecule is CCN(CCO)CC(Cl)c1ccc(OC)cc1. The number of hydrogen-bond acceptors (Lipinski definition) is 3. The van der Waals surface area contributed by atoms with Gasteiger partial charge in [0, 0.05) is 13.1 Å². The van der Waals surface area contributed by atoms with Gasteiger partial charge in [-0.05, 0) is 24.2 Å². The molecule has 0 aliphatic rings. The van der Waals surface area contributed by atoms with Crippen molar-refractivity contribution in [3.05, 3.63) is 29.8 Å². The number of aliphatic hydroxyl groups excluding tert-OH is 1. The monoisotopic (exact) mass is 257 g/mol. The second-order valence-electron chi connectivity index (χ2n) is 3.86. The van der Waals surface area contributed by atoms with Gasteiger partial charge in [-0.1, -0.05) is 19.1 Å². The average molecular weight is 258 g/mol. The van der Waals surface area contributed by atoms with E-state index in [2.05, 4.69) is 11.8 Å². The molecule has 17 heavy (non-hydrogen) atoms. The molecule has 0 amide bonds. The van der Waals surface area contributed by atoms with E-state index in [9.17, 15) is 0 Å². The molecule has 4 heteroatoms. The number of methoxy groups -OCH3 is 1. The molecule has 0 heterocycles. The second kappa shape index (κ2) is 7.54. The van der Waals surface area contributed by atoms with Crippen molar-refractivity contribution in [2.24, 2.45) is 0 Å². The van der Waals surface area contributed by atoms with Crippen LogP contribution in [0, 0.1) is 0 Å². The Bertz CT molecular complexity index is 316. The van der Waals surface area contributed by atoms with Gasteiger partial charge in [0.1, 0.15) is 5.75 Å². The lowest BCUT2D eigenvalue weighted by Crippen LogP contribution is -2.29. The van der Waals surface area contributed by atoms with Crippen LogP contribution in [-0.2, 0) is 0 Å². The number of halogens is 1. The van der Waals surface area contributed by atoms with Crippen molar-refractivity contribution in [1.29, 1.82) is 0 Å². The van der Waals surface area contributed by atoms with Crippen LogP contribution in [0.15, 0.2) is 24.3 Å². The first-order valence-electron chi connectivity index (χ1n) is 5.82. The predicted octanol–water partition coefficient (Wildman–Crippen LogP) is 2.29. The van der Waals surface area contributed by atoms with Crippen LogP contribution in [0.1, 0.15) is 17.9 Å². The lowest BCUT2D eigenvalue weighted by atomic mass is 10.1. The molecule has 0 saturated carbocycles. The van der Waals surface area contributed by atoms with Crippen molar-refractivity contribution >= 4 is 11.6 Å². The van der Waals surface area contributed by atoms with Crippen molar-refractivity contribution in [2.75, 3.05) is 33.4 Å². The first-order valence-corrected chi connectivity index (χ1v) is 6.26. The number of likely N-dealkylation sites (N-methyl/N-ethyl adjacent to an activating group) is 1. The first kappa shape index (κ1) is 14.3. The molecule has 1 N–H and O–H groups in total. The summed E-state index contributed by atoms with van der Waals surface area (Å²) in [4.78, 5) is 2.13. The largest absolute Gasteiger partial charge is 0.497 e. The minimum absolute atomic E-state index is 0.0626. The van der Waals surface area contributed by atoms with Crippen LogP contribution in [0.3, 0.4) is 0 Å². The molecular weight excluding hydrogens is 238 g/mol. The van der Waals surface area contributed by atoms with Gasteiger partial charge in [-0.2, -0.15) is 0 Å². The van der Waals surface area contributed by atoms with Gasteiger partial charge in [-0.15, -0.1) is 11.6 Å². The highest BCUT2D eigenvalue weighted by molar-refractivity contribution is 6.21. The van der Waals surface area contributed by atoms with Gasteiger partial charge in [0.15, 0.2) is 0 Å². The smallest absolute Gasteiger partial charge is 0.118 e. The summed E-state index contributed by atoms with van der Waals surface area (Å²) in [6.07, 6.45) is 0. The zero-order valence-electron chi connectivity index (χ0n) is 10.4. The molecule has 0 aliphatic heterocycles. The van der Waals surface area contributed by atoms with Crippen LogP contribution in [0.2, 0.25) is 0 Å². The van der Waals surface area contributed by atoms with Crippen LogP contribution in [0.25, 0.3) is 0 Å². The molecule has 0 aromatic heterocycles. The Kier molecular flexibility index (Phi) is 6.34. The van der Waals surface area contributed by atoms with E-state index >= 15 is 0 Å². The average Bonchev–Trinajstić information content (AvgIpc) is 2.38. The number of ether oxygens (including phenoxy) is 1. The third kappa shape index (κ3) is 4.54. The van der Waals surface area contributed by atoms with E-state index in [1.165, 1.54) is 0 Å². The Morgan fingerprint density at radius 3 is 2.47 bits per heavy atom. The predicted molar refractivity (Wildman–Crippen MR) is 70.8 cm³/mol. The molecule has 96 valence electrons. The minimum Gasteiger partial charge on any atom is -0.497 e. The molecule has 0 saturated heterocycles. The number of hydrogen-bond donors (Lipinski definition) is 1. The van der Waals surface area contributed by atoms with Crippen LogP contribution < -0.4 is 4.74 Å². The fourth-order valence-electron chi connectivity index (χ4n) is 1.66. The van der Waals surface area contributed by atoms with Gasteiger partial charge in [-0.25, -0.2) is 0 Å². The summed E-state index contributed by atoms with van der Waals surface area (Å²) in [5.74, 6) is 0.834. The van der Waals surface area contributed by atoms with E-state index in [0.29, 0.717) is 6.54 Å². The quantitative estimate of drug-likeness (QED) is 0.761. The van der Waals surface area contributed by atoms with Gasteiger partial charge in [0.05, 0.1) is 19.1 Å². The van der Waals surface area contributed by atoms with Crippen molar-refractivity contribution in [3.8, 4) is 5.75 Å². The van der Waals surface area contributed by atoms with Crippen molar-refractivity contribution in [3.63, 3.8) is 0 Å². The molecule has 0 spiro atoms. The topological polar surface area (TPSA) is 32.7 Å². The van der Waals surface area contributed by atoms with Crippen LogP contribution >= 0.6 is 11.6 Å². The molecule has 3 nitrogen and oxygen atoms in total. The first-order chi connectivity index (χ1) is 8.21. The molecule has 1 unspecified atom stereocenters.